The number of phenols is 1. The number of carbonyl (C=O) groups is 1. The van der Waals surface area contributed by atoms with E-state index in [-0.39, 0.29) is 36.0 Å². The maximum Gasteiger partial charge on any atom is 0.238 e. The van der Waals surface area contributed by atoms with Crippen LogP contribution in [0.3, 0.4) is 0 Å². The van der Waals surface area contributed by atoms with E-state index in [1.807, 2.05) is 0 Å². The zero-order chi connectivity index (χ0) is 21.3. The first-order chi connectivity index (χ1) is 14.6. The van der Waals surface area contributed by atoms with Gasteiger partial charge >= 0.3 is 0 Å². The fraction of sp³-hybridized carbons (Fsp3) is 0.571. The Bertz CT molecular complexity index is 795. The van der Waals surface area contributed by atoms with Crippen molar-refractivity contribution in [3.63, 3.8) is 0 Å². The number of phenolic OH excluding ortho intramolecular Hbond substituents is 1. The van der Waals surface area contributed by atoms with Crippen LogP contribution in [0.25, 0.3) is 0 Å². The van der Waals surface area contributed by atoms with Gasteiger partial charge in [-0.2, -0.15) is 0 Å². The van der Waals surface area contributed by atoms with E-state index >= 15 is 0 Å². The van der Waals surface area contributed by atoms with Gasteiger partial charge in [0.05, 0.1) is 6.04 Å². The molecule has 1 aliphatic rings. The number of unbranched alkanes of at least 4 members (excludes halogenated alkanes) is 1. The molecule has 0 bridgehead atoms. The molecule has 1 aromatic heterocycles. The molecule has 3 rings (SSSR count). The van der Waals surface area contributed by atoms with Crippen LogP contribution in [0.15, 0.2) is 28.7 Å². The van der Waals surface area contributed by atoms with Crippen molar-refractivity contribution >= 4 is 5.91 Å². The van der Waals surface area contributed by atoms with Crippen LogP contribution in [0.2, 0.25) is 0 Å². The van der Waals surface area contributed by atoms with E-state index < -0.39 is 6.04 Å². The fourth-order valence-electron chi connectivity index (χ4n) is 3.63. The number of rotatable bonds is 10. The molecule has 0 aliphatic carbocycles. The van der Waals surface area contributed by atoms with Crippen molar-refractivity contribution in [1.29, 1.82) is 0 Å². The summed E-state index contributed by atoms with van der Waals surface area (Å²) in [5, 5.41) is 24.1. The lowest BCUT2D eigenvalue weighted by molar-refractivity contribution is -0.126. The summed E-state index contributed by atoms with van der Waals surface area (Å²) >= 11 is 0. The van der Waals surface area contributed by atoms with Gasteiger partial charge in [0.1, 0.15) is 11.8 Å². The fourth-order valence-corrected chi connectivity index (χ4v) is 3.63. The first-order valence-corrected chi connectivity index (χ1v) is 10.6. The molecule has 0 radical (unpaired) electrons. The highest BCUT2D eigenvalue weighted by atomic mass is 35.5. The third-order valence-electron chi connectivity index (χ3n) is 5.44. The number of hydrogen-bond acceptors (Lipinski definition) is 8. The van der Waals surface area contributed by atoms with Crippen molar-refractivity contribution in [2.75, 3.05) is 19.6 Å². The molecule has 9 nitrogen and oxygen atoms in total. The average molecular weight is 452 g/mol. The number of aromatic nitrogens is 2. The standard InChI is InChI=1S/C21H32N6O3.ClH/c22-10-2-1-3-18(25-19(29)15-8-11-24-12-9-15)21-27-26-20(30-21)17(23)13-14-4-6-16(28)7-5-14;/h4-7,15,17-18,24,28H,1-3,8-13,22-23H2,(H,25,29);1H/p-1. The van der Waals surface area contributed by atoms with Crippen LogP contribution in [0, 0.1) is 5.92 Å². The number of piperidine rings is 1. The number of halogens is 1. The van der Waals surface area contributed by atoms with Gasteiger partial charge in [-0.1, -0.05) is 12.1 Å². The van der Waals surface area contributed by atoms with Crippen LogP contribution in [0.4, 0.5) is 0 Å². The highest BCUT2D eigenvalue weighted by Gasteiger charge is 2.27. The summed E-state index contributed by atoms with van der Waals surface area (Å²) in [4.78, 5) is 12.7. The Kier molecular flexibility index (Phi) is 10.2. The summed E-state index contributed by atoms with van der Waals surface area (Å²) in [6, 6.07) is 6.03. The molecule has 172 valence electrons. The number of hydrogen-bond donors (Lipinski definition) is 5. The van der Waals surface area contributed by atoms with E-state index in [2.05, 4.69) is 20.8 Å². The van der Waals surface area contributed by atoms with Gasteiger partial charge in [0.25, 0.3) is 0 Å². The summed E-state index contributed by atoms with van der Waals surface area (Å²) < 4.78 is 5.87. The Morgan fingerprint density at radius 3 is 2.55 bits per heavy atom. The monoisotopic (exact) mass is 451 g/mol. The highest BCUT2D eigenvalue weighted by molar-refractivity contribution is 5.79. The van der Waals surface area contributed by atoms with E-state index in [4.69, 9.17) is 15.9 Å². The third-order valence-corrected chi connectivity index (χ3v) is 5.44. The predicted octanol–water partition coefficient (Wildman–Crippen LogP) is -1.69. The molecule has 0 saturated carbocycles. The van der Waals surface area contributed by atoms with Crippen LogP contribution in [0.5, 0.6) is 5.75 Å². The van der Waals surface area contributed by atoms with Gasteiger partial charge in [0.2, 0.25) is 17.7 Å². The lowest BCUT2D eigenvalue weighted by Gasteiger charge is -2.24. The SMILES string of the molecule is NCCCCC(NC(=O)C1CCNCC1)c1nnc(C(N)Cc2ccc(O)cc2)o1.[Cl-]. The second kappa shape index (κ2) is 12.6. The number of nitrogens with two attached hydrogens (primary N) is 2. The number of aromatic hydroxyl groups is 1. The Morgan fingerprint density at radius 1 is 1.19 bits per heavy atom. The van der Waals surface area contributed by atoms with E-state index in [1.54, 1.807) is 24.3 Å². The maximum absolute atomic E-state index is 12.7. The number of nitrogens with one attached hydrogen (secondary N) is 2. The van der Waals surface area contributed by atoms with Crippen molar-refractivity contribution < 1.29 is 26.7 Å². The average Bonchev–Trinajstić information content (AvgIpc) is 3.26. The van der Waals surface area contributed by atoms with Gasteiger partial charge in [-0.3, -0.25) is 4.79 Å². The molecule has 1 aliphatic heterocycles. The first-order valence-electron chi connectivity index (χ1n) is 10.6. The summed E-state index contributed by atoms with van der Waals surface area (Å²) in [6.45, 7) is 2.31. The summed E-state index contributed by atoms with van der Waals surface area (Å²) in [5.74, 6) is 0.950. The topological polar surface area (TPSA) is 152 Å². The molecule has 1 saturated heterocycles. The second-order valence-electron chi connectivity index (χ2n) is 7.83. The number of carbonyl (C=O) groups excluding carboxylic acids is 1. The van der Waals surface area contributed by atoms with Gasteiger partial charge < -0.3 is 44.0 Å². The molecular weight excluding hydrogens is 420 g/mol. The second-order valence-corrected chi connectivity index (χ2v) is 7.83. The molecular formula is C21H32ClN6O3-. The minimum Gasteiger partial charge on any atom is -1.00 e. The molecule has 31 heavy (non-hydrogen) atoms. The minimum atomic E-state index is -0.472. The number of nitrogens with zero attached hydrogens (tertiary/aromatic N) is 2. The van der Waals surface area contributed by atoms with Crippen LogP contribution < -0.4 is 34.5 Å². The van der Waals surface area contributed by atoms with E-state index in [0.29, 0.717) is 31.2 Å². The summed E-state index contributed by atoms with van der Waals surface area (Å²) in [5.41, 5.74) is 12.8. The molecule has 0 spiro atoms. The lowest BCUT2D eigenvalue weighted by Crippen LogP contribution is -3.00. The number of benzene rings is 1. The quantitative estimate of drug-likeness (QED) is 0.268. The molecule has 1 fully saturated rings. The van der Waals surface area contributed by atoms with Gasteiger partial charge in [0, 0.05) is 5.92 Å². The van der Waals surface area contributed by atoms with Crippen LogP contribution in [-0.4, -0.2) is 40.8 Å². The Morgan fingerprint density at radius 2 is 1.87 bits per heavy atom. The third kappa shape index (κ3) is 7.46. The van der Waals surface area contributed by atoms with Gasteiger partial charge in [-0.15, -0.1) is 10.2 Å². The molecule has 7 N–H and O–H groups in total. The van der Waals surface area contributed by atoms with Crippen molar-refractivity contribution in [3.05, 3.63) is 41.6 Å². The largest absolute Gasteiger partial charge is 1.00 e. The van der Waals surface area contributed by atoms with E-state index in [1.165, 1.54) is 0 Å². The van der Waals surface area contributed by atoms with Crippen molar-refractivity contribution in [2.24, 2.45) is 17.4 Å². The minimum absolute atomic E-state index is 0. The van der Waals surface area contributed by atoms with Crippen LogP contribution in [-0.2, 0) is 11.2 Å². The molecule has 2 heterocycles. The zero-order valence-corrected chi connectivity index (χ0v) is 18.4. The molecule has 10 heteroatoms. The van der Waals surface area contributed by atoms with Gasteiger partial charge in [-0.05, 0) is 75.9 Å². The van der Waals surface area contributed by atoms with E-state index in [0.717, 1.165) is 44.3 Å². The molecule has 2 atom stereocenters. The lowest BCUT2D eigenvalue weighted by atomic mass is 9.96. The van der Waals surface area contributed by atoms with Crippen molar-refractivity contribution in [3.8, 4) is 5.75 Å². The maximum atomic E-state index is 12.7. The first kappa shape index (κ1) is 25.1. The smallest absolute Gasteiger partial charge is 0.238 e. The van der Waals surface area contributed by atoms with Gasteiger partial charge in [-0.25, -0.2) is 0 Å². The Hall–Kier alpha value is -2.20. The molecule has 2 unspecified atom stereocenters. The normalized spacial score (nSPS) is 16.3. The van der Waals surface area contributed by atoms with Crippen molar-refractivity contribution in [2.45, 2.75) is 50.6 Å². The molecule has 1 aromatic carbocycles. The Labute approximate surface area is 188 Å². The van der Waals surface area contributed by atoms with Crippen molar-refractivity contribution in [1.82, 2.24) is 20.8 Å². The summed E-state index contributed by atoms with van der Waals surface area (Å²) in [7, 11) is 0. The van der Waals surface area contributed by atoms with Crippen LogP contribution in [0.1, 0.15) is 61.5 Å². The predicted molar refractivity (Wildman–Crippen MR) is 112 cm³/mol. The summed E-state index contributed by atoms with van der Waals surface area (Å²) in [6.07, 6.45) is 4.55. The molecule has 1 amide bonds. The van der Waals surface area contributed by atoms with E-state index in [9.17, 15) is 9.90 Å². The highest BCUT2D eigenvalue weighted by Crippen LogP contribution is 2.23. The van der Waals surface area contributed by atoms with Crippen LogP contribution >= 0.6 is 0 Å². The zero-order valence-electron chi connectivity index (χ0n) is 17.6. The van der Waals surface area contributed by atoms with Gasteiger partial charge in [0.15, 0.2) is 0 Å². The Balaban J connectivity index is 0.00000341. The number of amides is 1. The molecule has 2 aromatic rings.